The van der Waals surface area contributed by atoms with Crippen molar-refractivity contribution in [1.82, 2.24) is 4.90 Å². The summed E-state index contributed by atoms with van der Waals surface area (Å²) in [6, 6.07) is 18.6. The average molecular weight is 341 g/mol. The number of carboxylic acid groups (broad SMARTS) is 1. The molecule has 2 atom stereocenters. The Morgan fingerprint density at radius 3 is 2.17 bits per heavy atom. The predicted molar refractivity (Wildman–Crippen MR) is 94.8 cm³/mol. The van der Waals surface area contributed by atoms with Gasteiger partial charge in [0, 0.05) is 12.2 Å². The maximum Gasteiger partial charge on any atom is 0.327 e. The third kappa shape index (κ3) is 3.79. The van der Waals surface area contributed by atoms with Gasteiger partial charge < -0.3 is 10.0 Å². The third-order valence-corrected chi connectivity index (χ3v) is 5.40. The van der Waals surface area contributed by atoms with E-state index in [1.54, 1.807) is 16.7 Å². The fourth-order valence-corrected chi connectivity index (χ4v) is 4.37. The lowest BCUT2D eigenvalue weighted by atomic mass is 10.1. The second-order valence-corrected chi connectivity index (χ2v) is 7.01. The van der Waals surface area contributed by atoms with Crippen LogP contribution in [0.5, 0.6) is 0 Å². The summed E-state index contributed by atoms with van der Waals surface area (Å²) in [5, 5.41) is 9.34. The second kappa shape index (κ2) is 7.53. The fraction of sp³-hybridized carbons (Fsp3) is 0.263. The van der Waals surface area contributed by atoms with Crippen LogP contribution in [0, 0.1) is 0 Å². The van der Waals surface area contributed by atoms with Crippen molar-refractivity contribution < 1.29 is 14.7 Å². The topological polar surface area (TPSA) is 57.6 Å². The molecule has 1 fully saturated rings. The van der Waals surface area contributed by atoms with E-state index in [-0.39, 0.29) is 17.7 Å². The Kier molecular flexibility index (Phi) is 5.20. The van der Waals surface area contributed by atoms with Crippen molar-refractivity contribution in [2.75, 3.05) is 5.75 Å². The first-order valence-corrected chi connectivity index (χ1v) is 8.93. The van der Waals surface area contributed by atoms with Crippen LogP contribution in [-0.4, -0.2) is 39.1 Å². The highest BCUT2D eigenvalue weighted by Gasteiger charge is 2.41. The maximum atomic E-state index is 12.8. The molecule has 24 heavy (non-hydrogen) atoms. The van der Waals surface area contributed by atoms with Crippen molar-refractivity contribution in [1.29, 1.82) is 0 Å². The predicted octanol–water partition coefficient (Wildman–Crippen LogP) is 2.83. The second-order valence-electron chi connectivity index (χ2n) is 5.80. The molecular weight excluding hydrogens is 322 g/mol. The molecule has 124 valence electrons. The minimum absolute atomic E-state index is 0.125. The van der Waals surface area contributed by atoms with E-state index in [9.17, 15) is 14.7 Å². The first kappa shape index (κ1) is 16.6. The van der Waals surface area contributed by atoms with Gasteiger partial charge in [-0.1, -0.05) is 60.7 Å². The molecule has 2 unspecified atom stereocenters. The number of aliphatic carboxylic acids is 1. The van der Waals surface area contributed by atoms with Crippen LogP contribution in [0.15, 0.2) is 60.7 Å². The molecule has 0 saturated carbocycles. The molecule has 0 spiro atoms. The van der Waals surface area contributed by atoms with Gasteiger partial charge in [-0.2, -0.15) is 0 Å². The van der Waals surface area contributed by atoms with Crippen LogP contribution in [0.2, 0.25) is 0 Å². The Morgan fingerprint density at radius 1 is 1.00 bits per heavy atom. The molecule has 1 heterocycles. The van der Waals surface area contributed by atoms with Crippen molar-refractivity contribution in [3.63, 3.8) is 0 Å². The minimum atomic E-state index is -0.931. The average Bonchev–Trinajstić information content (AvgIpc) is 3.00. The van der Waals surface area contributed by atoms with Crippen LogP contribution in [0.1, 0.15) is 11.1 Å². The molecule has 4 nitrogen and oxygen atoms in total. The van der Waals surface area contributed by atoms with Gasteiger partial charge in [-0.05, 0) is 11.1 Å². The normalized spacial score (nSPS) is 20.1. The summed E-state index contributed by atoms with van der Waals surface area (Å²) in [6.45, 7) is 0. The van der Waals surface area contributed by atoms with Crippen LogP contribution >= 0.6 is 11.8 Å². The Balaban J connectivity index is 1.78. The SMILES string of the molecule is O=C(O)C1CSC(Cc2ccccc2)N1C(=O)Cc1ccccc1. The van der Waals surface area contributed by atoms with Gasteiger partial charge in [0.05, 0.1) is 11.8 Å². The van der Waals surface area contributed by atoms with E-state index in [0.29, 0.717) is 12.2 Å². The zero-order valence-corrected chi connectivity index (χ0v) is 14.0. The van der Waals surface area contributed by atoms with E-state index < -0.39 is 12.0 Å². The molecule has 0 aromatic heterocycles. The molecule has 0 radical (unpaired) electrons. The van der Waals surface area contributed by atoms with E-state index in [4.69, 9.17) is 0 Å². The number of carbonyl (C=O) groups is 2. The maximum absolute atomic E-state index is 12.8. The van der Waals surface area contributed by atoms with Crippen molar-refractivity contribution in [3.8, 4) is 0 Å². The van der Waals surface area contributed by atoms with Gasteiger partial charge in [0.2, 0.25) is 5.91 Å². The number of benzene rings is 2. The van der Waals surface area contributed by atoms with E-state index in [1.165, 1.54) is 0 Å². The molecule has 1 aliphatic heterocycles. The number of rotatable bonds is 5. The van der Waals surface area contributed by atoms with Crippen molar-refractivity contribution in [2.24, 2.45) is 0 Å². The summed E-state index contributed by atoms with van der Waals surface area (Å²) < 4.78 is 0. The first-order chi connectivity index (χ1) is 11.6. The lowest BCUT2D eigenvalue weighted by Crippen LogP contribution is -2.46. The fourth-order valence-electron chi connectivity index (χ4n) is 2.92. The van der Waals surface area contributed by atoms with Crippen LogP contribution in [0.4, 0.5) is 0 Å². The number of thioether (sulfide) groups is 1. The lowest BCUT2D eigenvalue weighted by Gasteiger charge is -2.27. The Hall–Kier alpha value is -2.27. The van der Waals surface area contributed by atoms with Crippen molar-refractivity contribution in [2.45, 2.75) is 24.3 Å². The Morgan fingerprint density at radius 2 is 1.58 bits per heavy atom. The molecule has 0 bridgehead atoms. The Bertz CT molecular complexity index is 705. The van der Waals surface area contributed by atoms with Gasteiger partial charge >= 0.3 is 5.97 Å². The smallest absolute Gasteiger partial charge is 0.327 e. The number of hydrogen-bond donors (Lipinski definition) is 1. The largest absolute Gasteiger partial charge is 0.480 e. The summed E-state index contributed by atoms with van der Waals surface area (Å²) in [4.78, 5) is 25.9. The number of nitrogens with zero attached hydrogens (tertiary/aromatic N) is 1. The van der Waals surface area contributed by atoms with Gasteiger partial charge in [0.1, 0.15) is 6.04 Å². The zero-order valence-electron chi connectivity index (χ0n) is 13.2. The van der Waals surface area contributed by atoms with Crippen LogP contribution in [0.25, 0.3) is 0 Å². The van der Waals surface area contributed by atoms with E-state index in [2.05, 4.69) is 0 Å². The van der Waals surface area contributed by atoms with Gasteiger partial charge in [-0.25, -0.2) is 4.79 Å². The monoisotopic (exact) mass is 341 g/mol. The first-order valence-electron chi connectivity index (χ1n) is 7.88. The highest BCUT2D eigenvalue weighted by Crippen LogP contribution is 2.32. The molecule has 1 saturated heterocycles. The summed E-state index contributed by atoms with van der Waals surface area (Å²) >= 11 is 1.54. The minimum Gasteiger partial charge on any atom is -0.480 e. The molecule has 1 amide bonds. The molecular formula is C19H19NO3S. The molecule has 1 aliphatic rings. The molecule has 5 heteroatoms. The highest BCUT2D eigenvalue weighted by molar-refractivity contribution is 8.00. The quantitative estimate of drug-likeness (QED) is 0.908. The number of hydrogen-bond acceptors (Lipinski definition) is 3. The van der Waals surface area contributed by atoms with Crippen LogP contribution in [0.3, 0.4) is 0 Å². The molecule has 2 aromatic carbocycles. The summed E-state index contributed by atoms with van der Waals surface area (Å²) in [7, 11) is 0. The van der Waals surface area contributed by atoms with Gasteiger partial charge in [0.25, 0.3) is 0 Å². The summed E-state index contributed by atoms with van der Waals surface area (Å²) in [5.41, 5.74) is 2.01. The Labute approximate surface area is 145 Å². The molecule has 3 rings (SSSR count). The summed E-state index contributed by atoms with van der Waals surface area (Å²) in [5.74, 6) is -0.619. The van der Waals surface area contributed by atoms with Gasteiger partial charge in [-0.15, -0.1) is 11.8 Å². The van der Waals surface area contributed by atoms with Crippen molar-refractivity contribution in [3.05, 3.63) is 71.8 Å². The van der Waals surface area contributed by atoms with Gasteiger partial charge in [-0.3, -0.25) is 4.79 Å². The highest BCUT2D eigenvalue weighted by atomic mass is 32.2. The van der Waals surface area contributed by atoms with E-state index in [1.807, 2.05) is 60.7 Å². The number of carbonyl (C=O) groups excluding carboxylic acids is 1. The van der Waals surface area contributed by atoms with Crippen molar-refractivity contribution >= 4 is 23.6 Å². The molecule has 0 aliphatic carbocycles. The van der Waals surface area contributed by atoms with Crippen LogP contribution in [-0.2, 0) is 22.4 Å². The van der Waals surface area contributed by atoms with Gasteiger partial charge in [0.15, 0.2) is 0 Å². The molecule has 2 aromatic rings. The third-order valence-electron chi connectivity index (χ3n) is 4.12. The number of carboxylic acids is 1. The standard InChI is InChI=1S/C19H19NO3S/c21-17(11-14-7-3-1-4-8-14)20-16(19(22)23)13-24-18(20)12-15-9-5-2-6-10-15/h1-10,16,18H,11-13H2,(H,22,23). The van der Waals surface area contributed by atoms with E-state index in [0.717, 1.165) is 11.1 Å². The zero-order chi connectivity index (χ0) is 16.9. The lowest BCUT2D eigenvalue weighted by molar-refractivity contribution is -0.148. The van der Waals surface area contributed by atoms with Crippen LogP contribution < -0.4 is 0 Å². The summed E-state index contributed by atoms with van der Waals surface area (Å²) in [6.07, 6.45) is 0.895. The number of amides is 1. The van der Waals surface area contributed by atoms with E-state index >= 15 is 0 Å². The molecule has 1 N–H and O–H groups in total.